The number of fused-ring (bicyclic) bond motifs is 1. The molecule has 2 heteroatoms. The zero-order valence-electron chi connectivity index (χ0n) is 6.63. The van der Waals surface area contributed by atoms with Gasteiger partial charge in [-0.2, -0.15) is 11.8 Å². The summed E-state index contributed by atoms with van der Waals surface area (Å²) in [7, 11) is 0. The highest BCUT2D eigenvalue weighted by Crippen LogP contribution is 2.23. The number of aryl methyl sites for hydroxylation is 2. The first-order chi connectivity index (χ1) is 5.36. The molecule has 58 valence electrons. The van der Waals surface area contributed by atoms with Gasteiger partial charge in [0.15, 0.2) is 0 Å². The molecule has 0 amide bonds. The molecule has 2 rings (SSSR count). The quantitative estimate of drug-likeness (QED) is 0.584. The Labute approximate surface area is 71.2 Å². The van der Waals surface area contributed by atoms with E-state index in [1.807, 2.05) is 18.0 Å². The van der Waals surface area contributed by atoms with Gasteiger partial charge >= 0.3 is 0 Å². The van der Waals surface area contributed by atoms with E-state index in [0.29, 0.717) is 0 Å². The zero-order valence-corrected chi connectivity index (χ0v) is 7.45. The Morgan fingerprint density at radius 2 is 2.36 bits per heavy atom. The van der Waals surface area contributed by atoms with Gasteiger partial charge in [-0.3, -0.25) is 4.98 Å². The van der Waals surface area contributed by atoms with Crippen LogP contribution in [0.1, 0.15) is 16.8 Å². The highest BCUT2D eigenvalue weighted by Gasteiger charge is 2.08. The molecule has 0 radical (unpaired) electrons. The van der Waals surface area contributed by atoms with Crippen LogP contribution < -0.4 is 0 Å². The summed E-state index contributed by atoms with van der Waals surface area (Å²) in [6.07, 6.45) is 3.23. The standard InChI is InChI=1S/C9H11NS/c1-7-4-9-6-11-3-2-8(9)5-10-7/h4-5H,2-3,6H2,1H3. The van der Waals surface area contributed by atoms with E-state index in [1.54, 1.807) is 0 Å². The molecule has 1 nitrogen and oxygen atoms in total. The number of pyridine rings is 1. The van der Waals surface area contributed by atoms with Crippen molar-refractivity contribution in [3.8, 4) is 0 Å². The predicted octanol–water partition coefficient (Wildman–Crippen LogP) is 2.18. The van der Waals surface area contributed by atoms with E-state index in [0.717, 1.165) is 5.69 Å². The Kier molecular flexibility index (Phi) is 1.86. The first-order valence-electron chi connectivity index (χ1n) is 3.88. The van der Waals surface area contributed by atoms with Crippen LogP contribution in [0.2, 0.25) is 0 Å². The van der Waals surface area contributed by atoms with Crippen LogP contribution in [0.4, 0.5) is 0 Å². The van der Waals surface area contributed by atoms with Gasteiger partial charge < -0.3 is 0 Å². The van der Waals surface area contributed by atoms with Gasteiger partial charge in [-0.1, -0.05) is 0 Å². The van der Waals surface area contributed by atoms with E-state index >= 15 is 0 Å². The van der Waals surface area contributed by atoms with Crippen molar-refractivity contribution < 1.29 is 0 Å². The molecule has 0 saturated carbocycles. The molecule has 0 unspecified atom stereocenters. The first-order valence-corrected chi connectivity index (χ1v) is 5.04. The summed E-state index contributed by atoms with van der Waals surface area (Å²) < 4.78 is 0. The Morgan fingerprint density at radius 3 is 3.27 bits per heavy atom. The van der Waals surface area contributed by atoms with Crippen LogP contribution in [0.15, 0.2) is 12.3 Å². The van der Waals surface area contributed by atoms with Gasteiger partial charge in [0.05, 0.1) is 0 Å². The fourth-order valence-corrected chi connectivity index (χ4v) is 2.37. The lowest BCUT2D eigenvalue weighted by atomic mass is 10.1. The Bertz CT molecular complexity index is 270. The minimum atomic E-state index is 1.14. The smallest absolute Gasteiger partial charge is 0.0375 e. The van der Waals surface area contributed by atoms with Crippen LogP contribution in [0, 0.1) is 6.92 Å². The first kappa shape index (κ1) is 7.17. The van der Waals surface area contributed by atoms with E-state index in [4.69, 9.17) is 0 Å². The maximum Gasteiger partial charge on any atom is 0.0375 e. The van der Waals surface area contributed by atoms with Crippen LogP contribution in [-0.2, 0) is 12.2 Å². The Hall–Kier alpha value is -0.500. The summed E-state index contributed by atoms with van der Waals surface area (Å²) in [5, 5.41) is 0. The van der Waals surface area contributed by atoms with Crippen molar-refractivity contribution in [2.45, 2.75) is 19.1 Å². The molecule has 0 spiro atoms. The summed E-state index contributed by atoms with van der Waals surface area (Å²) in [5.41, 5.74) is 4.09. The predicted molar refractivity (Wildman–Crippen MR) is 48.8 cm³/mol. The monoisotopic (exact) mass is 165 g/mol. The largest absolute Gasteiger partial charge is 0.261 e. The highest BCUT2D eigenvalue weighted by atomic mass is 32.2. The number of thioether (sulfide) groups is 1. The van der Waals surface area contributed by atoms with Gasteiger partial charge in [-0.05, 0) is 36.3 Å². The average molecular weight is 165 g/mol. The molecule has 0 N–H and O–H groups in total. The molecule has 0 fully saturated rings. The molecule has 1 aromatic heterocycles. The second-order valence-corrected chi connectivity index (χ2v) is 4.00. The number of nitrogens with zero attached hydrogens (tertiary/aromatic N) is 1. The van der Waals surface area contributed by atoms with Gasteiger partial charge in [0.2, 0.25) is 0 Å². The minimum Gasteiger partial charge on any atom is -0.261 e. The van der Waals surface area contributed by atoms with Gasteiger partial charge in [0.25, 0.3) is 0 Å². The third-order valence-electron chi connectivity index (χ3n) is 1.99. The normalized spacial score (nSPS) is 16.1. The van der Waals surface area contributed by atoms with Crippen molar-refractivity contribution in [1.29, 1.82) is 0 Å². The third kappa shape index (κ3) is 1.41. The lowest BCUT2D eigenvalue weighted by Crippen LogP contribution is -2.03. The lowest BCUT2D eigenvalue weighted by molar-refractivity contribution is 1.03. The van der Waals surface area contributed by atoms with Crippen LogP contribution >= 0.6 is 11.8 Å². The molecule has 1 aromatic rings. The van der Waals surface area contributed by atoms with E-state index in [-0.39, 0.29) is 0 Å². The third-order valence-corrected chi connectivity index (χ3v) is 3.00. The van der Waals surface area contributed by atoms with Crippen molar-refractivity contribution in [3.05, 3.63) is 29.1 Å². The summed E-state index contributed by atoms with van der Waals surface area (Å²) in [5.74, 6) is 2.44. The molecular weight excluding hydrogens is 154 g/mol. The van der Waals surface area contributed by atoms with Gasteiger partial charge in [-0.25, -0.2) is 0 Å². The van der Waals surface area contributed by atoms with Gasteiger partial charge in [-0.15, -0.1) is 0 Å². The summed E-state index contributed by atoms with van der Waals surface area (Å²) in [6, 6.07) is 2.21. The second kappa shape index (κ2) is 2.86. The summed E-state index contributed by atoms with van der Waals surface area (Å²) in [4.78, 5) is 4.28. The second-order valence-electron chi connectivity index (χ2n) is 2.90. The van der Waals surface area contributed by atoms with Crippen molar-refractivity contribution in [2.75, 3.05) is 5.75 Å². The van der Waals surface area contributed by atoms with Crippen LogP contribution in [-0.4, -0.2) is 10.7 Å². The van der Waals surface area contributed by atoms with E-state index in [9.17, 15) is 0 Å². The van der Waals surface area contributed by atoms with E-state index < -0.39 is 0 Å². The molecule has 0 saturated heterocycles. The molecule has 0 aliphatic carbocycles. The van der Waals surface area contributed by atoms with Gasteiger partial charge in [0, 0.05) is 17.6 Å². The van der Waals surface area contributed by atoms with Crippen molar-refractivity contribution in [1.82, 2.24) is 4.98 Å². The molecule has 0 bridgehead atoms. The Morgan fingerprint density at radius 1 is 1.45 bits per heavy atom. The highest BCUT2D eigenvalue weighted by molar-refractivity contribution is 7.98. The molecular formula is C9H11NS. The summed E-state index contributed by atoms with van der Waals surface area (Å²) >= 11 is 2.02. The zero-order chi connectivity index (χ0) is 7.68. The molecule has 0 atom stereocenters. The van der Waals surface area contributed by atoms with Crippen molar-refractivity contribution in [2.24, 2.45) is 0 Å². The lowest BCUT2D eigenvalue weighted by Gasteiger charge is -2.14. The van der Waals surface area contributed by atoms with Gasteiger partial charge in [0.1, 0.15) is 0 Å². The topological polar surface area (TPSA) is 12.9 Å². The maximum atomic E-state index is 4.28. The van der Waals surface area contributed by atoms with E-state index in [1.165, 1.54) is 29.1 Å². The SMILES string of the molecule is Cc1cc2c(cn1)CCSC2. The molecule has 0 aromatic carbocycles. The van der Waals surface area contributed by atoms with Crippen LogP contribution in [0.25, 0.3) is 0 Å². The molecule has 11 heavy (non-hydrogen) atoms. The van der Waals surface area contributed by atoms with Crippen LogP contribution in [0.5, 0.6) is 0 Å². The number of hydrogen-bond donors (Lipinski definition) is 0. The number of rotatable bonds is 0. The number of aromatic nitrogens is 1. The minimum absolute atomic E-state index is 1.14. The Balaban J connectivity index is 2.43. The average Bonchev–Trinajstić information content (AvgIpc) is 2.04. The molecule has 2 heterocycles. The fraction of sp³-hybridized carbons (Fsp3) is 0.444. The maximum absolute atomic E-state index is 4.28. The van der Waals surface area contributed by atoms with Crippen molar-refractivity contribution >= 4 is 11.8 Å². The van der Waals surface area contributed by atoms with E-state index in [2.05, 4.69) is 18.0 Å². The molecule has 1 aliphatic rings. The molecule has 1 aliphatic heterocycles. The number of hydrogen-bond acceptors (Lipinski definition) is 2. The fourth-order valence-electron chi connectivity index (χ4n) is 1.37. The van der Waals surface area contributed by atoms with Crippen molar-refractivity contribution in [3.63, 3.8) is 0 Å². The van der Waals surface area contributed by atoms with Crippen LogP contribution in [0.3, 0.4) is 0 Å². The summed E-state index contributed by atoms with van der Waals surface area (Å²) in [6.45, 7) is 2.06.